The van der Waals surface area contributed by atoms with Gasteiger partial charge in [0.1, 0.15) is 0 Å². The monoisotopic (exact) mass is 271 g/mol. The van der Waals surface area contributed by atoms with Gasteiger partial charge in [0.15, 0.2) is 0 Å². The third kappa shape index (κ3) is 7.91. The maximum absolute atomic E-state index is 9.80. The Labute approximate surface area is 119 Å². The van der Waals surface area contributed by atoms with Crippen LogP contribution in [-0.4, -0.2) is 37.5 Å². The van der Waals surface area contributed by atoms with Crippen LogP contribution < -0.4 is 5.32 Å². The Morgan fingerprint density at radius 3 is 2.79 bits per heavy atom. The molecule has 0 bridgehead atoms. The highest BCUT2D eigenvalue weighted by Crippen LogP contribution is 2.30. The lowest BCUT2D eigenvalue weighted by molar-refractivity contribution is 0.0349. The highest BCUT2D eigenvalue weighted by Gasteiger charge is 2.22. The molecule has 0 heterocycles. The van der Waals surface area contributed by atoms with E-state index in [9.17, 15) is 5.11 Å². The summed E-state index contributed by atoms with van der Waals surface area (Å²) >= 11 is 0. The van der Waals surface area contributed by atoms with Crippen LogP contribution in [0.25, 0.3) is 0 Å². The van der Waals surface area contributed by atoms with Crippen molar-refractivity contribution >= 4 is 0 Å². The van der Waals surface area contributed by atoms with Gasteiger partial charge < -0.3 is 15.2 Å². The van der Waals surface area contributed by atoms with Crippen LogP contribution in [0.1, 0.15) is 58.8 Å². The van der Waals surface area contributed by atoms with Crippen molar-refractivity contribution in [2.24, 2.45) is 11.8 Å². The Balaban J connectivity index is 1.88. The minimum atomic E-state index is -0.358. The second-order valence-electron chi connectivity index (χ2n) is 6.12. The van der Waals surface area contributed by atoms with Crippen molar-refractivity contribution in [1.82, 2.24) is 5.32 Å². The second kappa shape index (κ2) is 10.6. The SMILES string of the molecule is CCCCCCOCC(O)CNCC1CCCC1C. The first-order chi connectivity index (χ1) is 9.24. The Hall–Kier alpha value is -0.120. The quantitative estimate of drug-likeness (QED) is 0.568. The Morgan fingerprint density at radius 1 is 1.26 bits per heavy atom. The third-order valence-corrected chi connectivity index (χ3v) is 4.28. The normalized spacial score (nSPS) is 24.8. The summed E-state index contributed by atoms with van der Waals surface area (Å²) in [4.78, 5) is 0. The first-order valence-electron chi connectivity index (χ1n) is 8.20. The highest BCUT2D eigenvalue weighted by molar-refractivity contribution is 4.76. The van der Waals surface area contributed by atoms with Gasteiger partial charge in [0, 0.05) is 13.2 Å². The fraction of sp³-hybridized carbons (Fsp3) is 1.00. The number of aliphatic hydroxyl groups is 1. The summed E-state index contributed by atoms with van der Waals surface area (Å²) in [5, 5.41) is 13.2. The fourth-order valence-corrected chi connectivity index (χ4v) is 2.87. The van der Waals surface area contributed by atoms with Crippen LogP contribution in [0.5, 0.6) is 0 Å². The molecule has 1 fully saturated rings. The lowest BCUT2D eigenvalue weighted by atomic mass is 9.98. The molecule has 114 valence electrons. The van der Waals surface area contributed by atoms with Crippen molar-refractivity contribution in [2.75, 3.05) is 26.3 Å². The van der Waals surface area contributed by atoms with Gasteiger partial charge in [0.25, 0.3) is 0 Å². The molecule has 0 spiro atoms. The van der Waals surface area contributed by atoms with E-state index in [0.717, 1.165) is 31.4 Å². The van der Waals surface area contributed by atoms with Gasteiger partial charge in [-0.1, -0.05) is 46.0 Å². The molecule has 1 rings (SSSR count). The van der Waals surface area contributed by atoms with E-state index in [1.54, 1.807) is 0 Å². The number of rotatable bonds is 11. The van der Waals surface area contributed by atoms with E-state index in [2.05, 4.69) is 19.2 Å². The van der Waals surface area contributed by atoms with Gasteiger partial charge in [-0.3, -0.25) is 0 Å². The van der Waals surface area contributed by atoms with E-state index in [4.69, 9.17) is 4.74 Å². The fourth-order valence-electron chi connectivity index (χ4n) is 2.87. The standard InChI is InChI=1S/C16H33NO2/c1-3-4-5-6-10-19-13-16(18)12-17-11-15-9-7-8-14(15)2/h14-18H,3-13H2,1-2H3. The molecule has 0 saturated heterocycles. The molecule has 0 amide bonds. The first-order valence-corrected chi connectivity index (χ1v) is 8.20. The minimum Gasteiger partial charge on any atom is -0.389 e. The summed E-state index contributed by atoms with van der Waals surface area (Å²) in [7, 11) is 0. The summed E-state index contributed by atoms with van der Waals surface area (Å²) in [5.74, 6) is 1.65. The molecule has 3 unspecified atom stereocenters. The highest BCUT2D eigenvalue weighted by atomic mass is 16.5. The topological polar surface area (TPSA) is 41.5 Å². The zero-order valence-electron chi connectivity index (χ0n) is 12.9. The molecule has 0 aliphatic heterocycles. The molecule has 3 nitrogen and oxygen atoms in total. The van der Waals surface area contributed by atoms with E-state index >= 15 is 0 Å². The summed E-state index contributed by atoms with van der Waals surface area (Å²) in [6, 6.07) is 0. The van der Waals surface area contributed by atoms with Gasteiger partial charge in [-0.05, 0) is 31.2 Å². The van der Waals surface area contributed by atoms with Crippen LogP contribution in [0.4, 0.5) is 0 Å². The van der Waals surface area contributed by atoms with E-state index in [1.807, 2.05) is 0 Å². The molecule has 1 aliphatic rings. The second-order valence-corrected chi connectivity index (χ2v) is 6.12. The zero-order valence-corrected chi connectivity index (χ0v) is 12.9. The van der Waals surface area contributed by atoms with Gasteiger partial charge in [0.2, 0.25) is 0 Å². The number of ether oxygens (including phenoxy) is 1. The van der Waals surface area contributed by atoms with Crippen molar-refractivity contribution in [3.8, 4) is 0 Å². The molecule has 0 aromatic rings. The third-order valence-electron chi connectivity index (χ3n) is 4.28. The number of hydrogen-bond donors (Lipinski definition) is 2. The molecular formula is C16H33NO2. The smallest absolute Gasteiger partial charge is 0.0897 e. The van der Waals surface area contributed by atoms with Gasteiger partial charge in [-0.15, -0.1) is 0 Å². The van der Waals surface area contributed by atoms with Crippen molar-refractivity contribution in [3.05, 3.63) is 0 Å². The number of aliphatic hydroxyl groups excluding tert-OH is 1. The van der Waals surface area contributed by atoms with Gasteiger partial charge >= 0.3 is 0 Å². The minimum absolute atomic E-state index is 0.358. The van der Waals surface area contributed by atoms with Crippen molar-refractivity contribution < 1.29 is 9.84 Å². The van der Waals surface area contributed by atoms with Crippen molar-refractivity contribution in [3.63, 3.8) is 0 Å². The van der Waals surface area contributed by atoms with Crippen LogP contribution in [0, 0.1) is 11.8 Å². The van der Waals surface area contributed by atoms with Gasteiger partial charge in [-0.2, -0.15) is 0 Å². The molecule has 3 atom stereocenters. The zero-order chi connectivity index (χ0) is 13.9. The maximum atomic E-state index is 9.80. The van der Waals surface area contributed by atoms with E-state index in [0.29, 0.717) is 13.2 Å². The molecular weight excluding hydrogens is 238 g/mol. The predicted molar refractivity (Wildman–Crippen MR) is 80.3 cm³/mol. The van der Waals surface area contributed by atoms with Crippen LogP contribution in [0.2, 0.25) is 0 Å². The lowest BCUT2D eigenvalue weighted by Gasteiger charge is -2.18. The first kappa shape index (κ1) is 16.9. The summed E-state index contributed by atoms with van der Waals surface area (Å²) in [5.41, 5.74) is 0. The molecule has 1 saturated carbocycles. The molecule has 0 aromatic carbocycles. The van der Waals surface area contributed by atoms with Crippen LogP contribution in [0.15, 0.2) is 0 Å². The maximum Gasteiger partial charge on any atom is 0.0897 e. The summed E-state index contributed by atoms with van der Waals surface area (Å²) < 4.78 is 5.50. The average Bonchev–Trinajstić information content (AvgIpc) is 2.79. The van der Waals surface area contributed by atoms with Crippen molar-refractivity contribution in [1.29, 1.82) is 0 Å². The van der Waals surface area contributed by atoms with Crippen molar-refractivity contribution in [2.45, 2.75) is 64.9 Å². The number of unbranched alkanes of at least 4 members (excludes halogenated alkanes) is 3. The van der Waals surface area contributed by atoms with E-state index in [-0.39, 0.29) is 6.10 Å². The summed E-state index contributed by atoms with van der Waals surface area (Å²) in [6.45, 7) is 7.53. The van der Waals surface area contributed by atoms with Crippen LogP contribution in [0.3, 0.4) is 0 Å². The Kier molecular flexibility index (Phi) is 9.48. The lowest BCUT2D eigenvalue weighted by Crippen LogP contribution is -2.34. The largest absolute Gasteiger partial charge is 0.389 e. The van der Waals surface area contributed by atoms with Crippen LogP contribution in [-0.2, 0) is 4.74 Å². The van der Waals surface area contributed by atoms with Crippen LogP contribution >= 0.6 is 0 Å². The van der Waals surface area contributed by atoms with Gasteiger partial charge in [-0.25, -0.2) is 0 Å². The summed E-state index contributed by atoms with van der Waals surface area (Å²) in [6.07, 6.45) is 8.63. The molecule has 0 radical (unpaired) electrons. The molecule has 1 aliphatic carbocycles. The molecule has 3 heteroatoms. The van der Waals surface area contributed by atoms with Gasteiger partial charge in [0.05, 0.1) is 12.7 Å². The molecule has 2 N–H and O–H groups in total. The van der Waals surface area contributed by atoms with E-state index < -0.39 is 0 Å². The Morgan fingerprint density at radius 2 is 2.11 bits per heavy atom. The molecule has 0 aromatic heterocycles. The average molecular weight is 271 g/mol. The molecule has 19 heavy (non-hydrogen) atoms. The number of nitrogens with one attached hydrogen (secondary N) is 1. The number of hydrogen-bond acceptors (Lipinski definition) is 3. The Bertz CT molecular complexity index is 211. The predicted octanol–water partition coefficient (Wildman–Crippen LogP) is 2.97. The van der Waals surface area contributed by atoms with E-state index in [1.165, 1.54) is 38.5 Å².